The number of pyridine rings is 2. The first-order chi connectivity index (χ1) is 17.2. The Morgan fingerprint density at radius 3 is 2.83 bits per heavy atom. The first-order valence-corrected chi connectivity index (χ1v) is 14.2. The molecule has 35 heavy (non-hydrogen) atoms. The molecule has 3 heterocycles. The molecule has 1 atom stereocenters. The van der Waals surface area contributed by atoms with Gasteiger partial charge in [-0.3, -0.25) is 22.7 Å². The number of carbonyl (C=O) groups excluding carboxylic acids is 1. The van der Waals surface area contributed by atoms with E-state index in [1.54, 1.807) is 0 Å². The molecule has 7 nitrogen and oxygen atoms in total. The number of nitrogens with two attached hydrogens (primary N) is 1. The van der Waals surface area contributed by atoms with Crippen LogP contribution in [0.15, 0.2) is 54.9 Å². The van der Waals surface area contributed by atoms with Gasteiger partial charge < -0.3 is 10.3 Å². The molecule has 182 valence electrons. The fourth-order valence-corrected chi connectivity index (χ4v) is 5.92. The van der Waals surface area contributed by atoms with Crippen LogP contribution < -0.4 is 5.73 Å². The minimum absolute atomic E-state index is 0.112. The van der Waals surface area contributed by atoms with E-state index in [0.29, 0.717) is 13.1 Å². The standard InChI is InChI=1S/C27H30IN5O2/c29-13-3-4-16-32(24-11-5-7-19-8-6-14-31-26(19)24)17-22-27-21(12-15-30-22)20-9-1-2-10-23(20)33(27)18-25(34)28-35/h1-2,6,8-10,12,14-15,24H,3-5,7,11,13,16-18,29H2. The van der Waals surface area contributed by atoms with E-state index in [1.165, 1.54) is 11.3 Å². The topological polar surface area (TPSA) is 94.1 Å². The van der Waals surface area contributed by atoms with Gasteiger partial charge >= 0.3 is 0 Å². The summed E-state index contributed by atoms with van der Waals surface area (Å²) in [5.74, 6) is 0. The lowest BCUT2D eigenvalue weighted by Gasteiger charge is -2.35. The van der Waals surface area contributed by atoms with Gasteiger partial charge in [-0.2, -0.15) is 0 Å². The monoisotopic (exact) mass is 583 g/mol. The van der Waals surface area contributed by atoms with E-state index in [4.69, 9.17) is 15.7 Å². The summed E-state index contributed by atoms with van der Waals surface area (Å²) in [7, 11) is 0. The number of fused-ring (bicyclic) bond motifs is 4. The SMILES string of the molecule is NCCCCN(Cc1nccc2c3ccccc3n(CC(=O)I=O)c12)C1CCCc2cccnc21. The second-order valence-electron chi connectivity index (χ2n) is 9.11. The molecule has 3 aromatic heterocycles. The van der Waals surface area contributed by atoms with E-state index in [9.17, 15) is 7.86 Å². The van der Waals surface area contributed by atoms with Crippen LogP contribution >= 0.6 is 21.2 Å². The van der Waals surface area contributed by atoms with Crippen molar-refractivity contribution in [2.45, 2.75) is 51.2 Å². The summed E-state index contributed by atoms with van der Waals surface area (Å²) >= 11 is -1.71. The van der Waals surface area contributed by atoms with Gasteiger partial charge in [0, 0.05) is 35.2 Å². The van der Waals surface area contributed by atoms with Crippen LogP contribution in [0.4, 0.5) is 0 Å². The Morgan fingerprint density at radius 2 is 1.97 bits per heavy atom. The second kappa shape index (κ2) is 11.0. The van der Waals surface area contributed by atoms with Crippen molar-refractivity contribution in [2.24, 2.45) is 5.73 Å². The fourth-order valence-electron chi connectivity index (χ4n) is 5.44. The number of rotatable bonds is 10. The molecular formula is C27H30IN5O2. The maximum absolute atomic E-state index is 12.3. The number of hydrogen-bond acceptors (Lipinski definition) is 6. The normalized spacial score (nSPS) is 15.7. The number of aromatic nitrogens is 3. The summed E-state index contributed by atoms with van der Waals surface area (Å²) in [4.78, 5) is 24.4. The van der Waals surface area contributed by atoms with Crippen LogP contribution in [0.2, 0.25) is 0 Å². The average Bonchev–Trinajstić information content (AvgIpc) is 3.22. The predicted octanol–water partition coefficient (Wildman–Crippen LogP) is 5.05. The Labute approximate surface area is 215 Å². The highest BCUT2D eigenvalue weighted by Gasteiger charge is 2.28. The van der Waals surface area contributed by atoms with Crippen LogP contribution in [-0.2, 0) is 27.4 Å². The Kier molecular flexibility index (Phi) is 7.60. The van der Waals surface area contributed by atoms with E-state index >= 15 is 0 Å². The lowest BCUT2D eigenvalue weighted by Crippen LogP contribution is -2.33. The Bertz CT molecular complexity index is 1370. The molecule has 0 fully saturated rings. The van der Waals surface area contributed by atoms with Crippen molar-refractivity contribution >= 4 is 46.8 Å². The van der Waals surface area contributed by atoms with E-state index in [2.05, 4.69) is 17.0 Å². The summed E-state index contributed by atoms with van der Waals surface area (Å²) in [6, 6.07) is 14.6. The smallest absolute Gasteiger partial charge is 0.245 e. The van der Waals surface area contributed by atoms with E-state index < -0.39 is 21.2 Å². The van der Waals surface area contributed by atoms with Crippen molar-refractivity contribution in [3.63, 3.8) is 0 Å². The number of carbonyl (C=O) groups is 1. The number of benzene rings is 1. The van der Waals surface area contributed by atoms with Gasteiger partial charge in [0.25, 0.3) is 0 Å². The molecule has 1 aliphatic rings. The van der Waals surface area contributed by atoms with Crippen molar-refractivity contribution in [3.8, 4) is 0 Å². The third kappa shape index (κ3) is 4.92. The summed E-state index contributed by atoms with van der Waals surface area (Å²) in [6.07, 6.45) is 9.00. The molecule has 1 aromatic carbocycles. The van der Waals surface area contributed by atoms with Crippen LogP contribution in [0.3, 0.4) is 0 Å². The lowest BCUT2D eigenvalue weighted by molar-refractivity contribution is -0.109. The molecule has 0 saturated carbocycles. The molecule has 0 bridgehead atoms. The zero-order valence-corrected chi connectivity index (χ0v) is 21.9. The van der Waals surface area contributed by atoms with Crippen LogP contribution in [0.1, 0.15) is 48.7 Å². The number of para-hydroxylation sites is 1. The van der Waals surface area contributed by atoms with Gasteiger partial charge in [0.2, 0.25) is 25.0 Å². The Balaban J connectivity index is 1.60. The number of unbranched alkanes of at least 4 members (excludes halogenated alkanes) is 1. The summed E-state index contributed by atoms with van der Waals surface area (Å²) in [5.41, 5.74) is 11.2. The second-order valence-corrected chi connectivity index (χ2v) is 10.8. The molecule has 5 rings (SSSR count). The highest BCUT2D eigenvalue weighted by Crippen LogP contribution is 2.36. The number of nitrogens with zero attached hydrogens (tertiary/aromatic N) is 4. The summed E-state index contributed by atoms with van der Waals surface area (Å²) in [6.45, 7) is 2.34. The van der Waals surface area contributed by atoms with E-state index in [1.807, 2.05) is 47.3 Å². The highest BCUT2D eigenvalue weighted by molar-refractivity contribution is 14.2. The van der Waals surface area contributed by atoms with Gasteiger partial charge in [-0.1, -0.05) is 24.3 Å². The van der Waals surface area contributed by atoms with Crippen molar-refractivity contribution in [1.82, 2.24) is 19.4 Å². The average molecular weight is 583 g/mol. The molecule has 2 N–H and O–H groups in total. The summed E-state index contributed by atoms with van der Waals surface area (Å²) < 4.78 is 13.3. The van der Waals surface area contributed by atoms with Crippen molar-refractivity contribution in [1.29, 1.82) is 0 Å². The van der Waals surface area contributed by atoms with Crippen molar-refractivity contribution in [2.75, 3.05) is 13.1 Å². The maximum atomic E-state index is 12.3. The van der Waals surface area contributed by atoms with Crippen LogP contribution in [0.25, 0.3) is 21.8 Å². The van der Waals surface area contributed by atoms with Gasteiger partial charge in [-0.15, -0.1) is 0 Å². The minimum atomic E-state index is -1.71. The predicted molar refractivity (Wildman–Crippen MR) is 146 cm³/mol. The molecule has 0 spiro atoms. The molecule has 0 saturated heterocycles. The number of halogens is 1. The van der Waals surface area contributed by atoms with E-state index in [0.717, 1.165) is 66.1 Å². The Morgan fingerprint density at radius 1 is 1.09 bits per heavy atom. The molecule has 1 aliphatic carbocycles. The van der Waals surface area contributed by atoms with Gasteiger partial charge in [-0.05, 0) is 69.0 Å². The van der Waals surface area contributed by atoms with Gasteiger partial charge in [0.15, 0.2) is 0 Å². The van der Waals surface area contributed by atoms with Gasteiger partial charge in [0.1, 0.15) is 0 Å². The molecular weight excluding hydrogens is 553 g/mol. The third-order valence-electron chi connectivity index (χ3n) is 6.98. The number of hydrogen-bond donors (Lipinski definition) is 1. The maximum Gasteiger partial charge on any atom is 0.245 e. The quantitative estimate of drug-likeness (QED) is 0.160. The third-order valence-corrected chi connectivity index (χ3v) is 7.81. The summed E-state index contributed by atoms with van der Waals surface area (Å²) in [5, 5.41) is 2.16. The molecule has 0 aliphatic heterocycles. The fraction of sp³-hybridized carbons (Fsp3) is 0.370. The molecule has 0 amide bonds. The Hall–Kier alpha value is -2.56. The minimum Gasteiger partial charge on any atom is -0.330 e. The molecule has 8 heteroatoms. The van der Waals surface area contributed by atoms with Crippen LogP contribution in [0, 0.1) is 0 Å². The largest absolute Gasteiger partial charge is 0.330 e. The van der Waals surface area contributed by atoms with Crippen LogP contribution in [0.5, 0.6) is 0 Å². The highest BCUT2D eigenvalue weighted by atomic mass is 127. The first-order valence-electron chi connectivity index (χ1n) is 12.2. The molecule has 0 radical (unpaired) electrons. The molecule has 4 aromatic rings. The zero-order chi connectivity index (χ0) is 24.2. The first kappa shape index (κ1) is 24.1. The van der Waals surface area contributed by atoms with Gasteiger partial charge in [0.05, 0.1) is 29.5 Å². The van der Waals surface area contributed by atoms with Gasteiger partial charge in [-0.25, -0.2) is 0 Å². The van der Waals surface area contributed by atoms with Crippen LogP contribution in [-0.4, -0.2) is 36.3 Å². The molecule has 1 unspecified atom stereocenters. The lowest BCUT2D eigenvalue weighted by atomic mass is 9.90. The van der Waals surface area contributed by atoms with E-state index in [-0.39, 0.29) is 16.4 Å². The van der Waals surface area contributed by atoms with Crippen molar-refractivity contribution in [3.05, 3.63) is 71.8 Å². The zero-order valence-electron chi connectivity index (χ0n) is 19.7. The number of aryl methyl sites for hydroxylation is 1. The van der Waals surface area contributed by atoms with Crippen molar-refractivity contribution < 1.29 is 7.86 Å².